The molecular weight excluding hydrogens is 547 g/mol. The average molecular weight is 580 g/mol. The molecule has 1 aromatic carbocycles. The highest BCUT2D eigenvalue weighted by atomic mass is 32.2. The number of alkyl halides is 3. The van der Waals surface area contributed by atoms with Crippen molar-refractivity contribution < 1.29 is 26.4 Å². The molecule has 3 rings (SSSR count). The van der Waals surface area contributed by atoms with Crippen molar-refractivity contribution in [3.05, 3.63) is 65.5 Å². The largest absolute Gasteiger partial charge is 0.421 e. The normalized spacial score (nSPS) is 11.9. The first-order valence-corrected chi connectivity index (χ1v) is 14.2. The van der Waals surface area contributed by atoms with E-state index in [0.717, 1.165) is 29.9 Å². The van der Waals surface area contributed by atoms with Gasteiger partial charge < -0.3 is 15.5 Å². The number of aromatic nitrogens is 3. The number of Topliss-reactive ketones (excluding diaryl/α,β-unsaturated/α-hetero) is 1. The highest BCUT2D eigenvalue weighted by Crippen LogP contribution is 2.34. The van der Waals surface area contributed by atoms with Crippen molar-refractivity contribution in [2.24, 2.45) is 0 Å². The number of anilines is 4. The molecule has 2 heterocycles. The molecule has 40 heavy (non-hydrogen) atoms. The van der Waals surface area contributed by atoms with Crippen LogP contribution in [-0.4, -0.2) is 68.0 Å². The van der Waals surface area contributed by atoms with Gasteiger partial charge in [0, 0.05) is 49.2 Å². The van der Waals surface area contributed by atoms with Gasteiger partial charge in [-0.15, -0.1) is 0 Å². The van der Waals surface area contributed by atoms with Crippen LogP contribution in [-0.2, 0) is 22.7 Å². The second kappa shape index (κ2) is 13.0. The zero-order chi connectivity index (χ0) is 29.5. The van der Waals surface area contributed by atoms with Gasteiger partial charge in [-0.05, 0) is 63.8 Å². The molecule has 2 N–H and O–H groups in total. The van der Waals surface area contributed by atoms with E-state index in [4.69, 9.17) is 0 Å². The molecule has 0 spiro atoms. The molecule has 0 unspecified atom stereocenters. The Kier molecular flexibility index (Phi) is 10.0. The summed E-state index contributed by atoms with van der Waals surface area (Å²) in [7, 11) is 1.61. The summed E-state index contributed by atoms with van der Waals surface area (Å²) in [6.45, 7) is 0.717. The summed E-state index contributed by atoms with van der Waals surface area (Å²) < 4.78 is 66.0. The fourth-order valence-corrected chi connectivity index (χ4v) is 4.18. The molecule has 2 aromatic heterocycles. The van der Waals surface area contributed by atoms with Crippen LogP contribution in [0.3, 0.4) is 0 Å². The molecule has 10 nitrogen and oxygen atoms in total. The maximum absolute atomic E-state index is 13.7. The van der Waals surface area contributed by atoms with Crippen LogP contribution in [0.1, 0.15) is 40.7 Å². The van der Waals surface area contributed by atoms with E-state index in [1.807, 2.05) is 14.1 Å². The van der Waals surface area contributed by atoms with Gasteiger partial charge in [0.2, 0.25) is 16.0 Å². The standard InChI is InChI=1S/C26H32F3N7O3S/c1-35(2)15-6-5-9-22(37)18-10-12-20(13-11-18)33-25-32-17-21(26(27,28)29)23(34-25)31-16-19-8-7-14-30-24(19)36(3)40(4,38)39/h7-8,10-14,17H,5-6,9,15-16H2,1-4H3,(H2,31,32,33,34). The number of carbonyl (C=O) groups excluding carboxylic acids is 1. The minimum atomic E-state index is -4.74. The van der Waals surface area contributed by atoms with Gasteiger partial charge >= 0.3 is 6.18 Å². The fourth-order valence-electron chi connectivity index (χ4n) is 3.70. The predicted molar refractivity (Wildman–Crippen MR) is 148 cm³/mol. The molecule has 0 fully saturated rings. The van der Waals surface area contributed by atoms with Crippen molar-refractivity contribution >= 4 is 39.1 Å². The van der Waals surface area contributed by atoms with E-state index in [0.29, 0.717) is 29.4 Å². The Morgan fingerprint density at radius 2 is 1.73 bits per heavy atom. The number of nitrogens with zero attached hydrogens (tertiary/aromatic N) is 5. The van der Waals surface area contributed by atoms with Gasteiger partial charge in [0.25, 0.3) is 0 Å². The SMILES string of the molecule is CN(C)CCCCC(=O)c1ccc(Nc2ncc(C(F)(F)F)c(NCc3cccnc3N(C)S(C)(=O)=O)n2)cc1. The number of pyridine rings is 1. The van der Waals surface area contributed by atoms with Crippen LogP contribution in [0.2, 0.25) is 0 Å². The van der Waals surface area contributed by atoms with Gasteiger partial charge in [-0.25, -0.2) is 18.4 Å². The van der Waals surface area contributed by atoms with E-state index in [1.165, 1.54) is 13.2 Å². The number of hydrogen-bond acceptors (Lipinski definition) is 9. The Labute approximate surface area is 231 Å². The lowest BCUT2D eigenvalue weighted by Crippen LogP contribution is -2.27. The quantitative estimate of drug-likeness (QED) is 0.222. The molecule has 0 radical (unpaired) electrons. The van der Waals surface area contributed by atoms with Crippen LogP contribution in [0.15, 0.2) is 48.8 Å². The number of nitrogens with one attached hydrogen (secondary N) is 2. The smallest absolute Gasteiger partial charge is 0.365 e. The molecule has 14 heteroatoms. The van der Waals surface area contributed by atoms with Crippen molar-refractivity contribution in [3.63, 3.8) is 0 Å². The summed E-state index contributed by atoms with van der Waals surface area (Å²) in [4.78, 5) is 26.4. The van der Waals surface area contributed by atoms with Gasteiger partial charge in [-0.2, -0.15) is 18.2 Å². The fraction of sp³-hybridized carbons (Fsp3) is 0.385. The Morgan fingerprint density at radius 3 is 2.35 bits per heavy atom. The van der Waals surface area contributed by atoms with Crippen LogP contribution in [0.4, 0.5) is 36.4 Å². The third-order valence-corrected chi connectivity index (χ3v) is 7.09. The van der Waals surface area contributed by atoms with Gasteiger partial charge in [0.15, 0.2) is 5.78 Å². The first-order valence-electron chi connectivity index (χ1n) is 12.4. The molecular formula is C26H32F3N7O3S. The summed E-state index contributed by atoms with van der Waals surface area (Å²) in [5, 5.41) is 5.50. The molecule has 0 aliphatic rings. The lowest BCUT2D eigenvalue weighted by atomic mass is 10.1. The van der Waals surface area contributed by atoms with Crippen molar-refractivity contribution in [2.75, 3.05) is 48.9 Å². The summed E-state index contributed by atoms with van der Waals surface area (Å²) in [5.41, 5.74) is 0.283. The van der Waals surface area contributed by atoms with Gasteiger partial charge in [0.05, 0.1) is 6.26 Å². The summed E-state index contributed by atoms with van der Waals surface area (Å²) in [6, 6.07) is 9.64. The Balaban J connectivity index is 1.76. The summed E-state index contributed by atoms with van der Waals surface area (Å²) >= 11 is 0. The second-order valence-electron chi connectivity index (χ2n) is 9.41. The highest BCUT2D eigenvalue weighted by Gasteiger charge is 2.35. The average Bonchev–Trinajstić information content (AvgIpc) is 2.89. The van der Waals surface area contributed by atoms with Crippen LogP contribution >= 0.6 is 0 Å². The second-order valence-corrected chi connectivity index (χ2v) is 11.4. The van der Waals surface area contributed by atoms with Crippen molar-refractivity contribution in [2.45, 2.75) is 32.0 Å². The van der Waals surface area contributed by atoms with E-state index >= 15 is 0 Å². The Morgan fingerprint density at radius 1 is 1.02 bits per heavy atom. The number of sulfonamides is 1. The number of rotatable bonds is 13. The molecule has 0 atom stereocenters. The minimum Gasteiger partial charge on any atom is -0.365 e. The molecule has 0 saturated carbocycles. The highest BCUT2D eigenvalue weighted by molar-refractivity contribution is 7.92. The van der Waals surface area contributed by atoms with Crippen LogP contribution in [0.5, 0.6) is 0 Å². The first-order chi connectivity index (χ1) is 18.8. The maximum Gasteiger partial charge on any atom is 0.421 e. The van der Waals surface area contributed by atoms with Gasteiger partial charge in [0.1, 0.15) is 17.2 Å². The van der Waals surface area contributed by atoms with Crippen molar-refractivity contribution in [3.8, 4) is 0 Å². The monoisotopic (exact) mass is 579 g/mol. The zero-order valence-corrected chi connectivity index (χ0v) is 23.5. The number of carbonyl (C=O) groups is 1. The van der Waals surface area contributed by atoms with E-state index in [1.54, 1.807) is 36.4 Å². The first kappa shape index (κ1) is 30.8. The molecule has 0 aliphatic heterocycles. The number of unbranched alkanes of at least 4 members (excludes halogenated alkanes) is 1. The van der Waals surface area contributed by atoms with E-state index in [2.05, 4.69) is 30.5 Å². The molecule has 0 amide bonds. The molecule has 0 saturated heterocycles. The number of halogens is 3. The third-order valence-electron chi connectivity index (χ3n) is 5.93. The Hall–Kier alpha value is -3.78. The molecule has 0 aliphatic carbocycles. The van der Waals surface area contributed by atoms with Crippen LogP contribution in [0.25, 0.3) is 0 Å². The minimum absolute atomic E-state index is 0.0128. The van der Waals surface area contributed by atoms with Gasteiger partial charge in [-0.3, -0.25) is 9.10 Å². The van der Waals surface area contributed by atoms with E-state index in [9.17, 15) is 26.4 Å². The third kappa shape index (κ3) is 8.61. The van der Waals surface area contributed by atoms with Gasteiger partial charge in [-0.1, -0.05) is 6.07 Å². The van der Waals surface area contributed by atoms with E-state index in [-0.39, 0.29) is 24.1 Å². The number of hydrogen-bond donors (Lipinski definition) is 2. The molecule has 0 bridgehead atoms. The molecule has 3 aromatic rings. The van der Waals surface area contributed by atoms with Crippen LogP contribution in [0, 0.1) is 0 Å². The van der Waals surface area contributed by atoms with Crippen molar-refractivity contribution in [1.29, 1.82) is 0 Å². The van der Waals surface area contributed by atoms with Crippen molar-refractivity contribution in [1.82, 2.24) is 19.9 Å². The number of benzene rings is 1. The van der Waals surface area contributed by atoms with E-state index < -0.39 is 27.6 Å². The van der Waals surface area contributed by atoms with Crippen LogP contribution < -0.4 is 14.9 Å². The predicted octanol–water partition coefficient (Wildman–Crippen LogP) is 4.56. The summed E-state index contributed by atoms with van der Waals surface area (Å²) in [5.74, 6) is -0.506. The zero-order valence-electron chi connectivity index (χ0n) is 22.7. The summed E-state index contributed by atoms with van der Waals surface area (Å²) in [6.07, 6.45) is 0.424. The molecule has 216 valence electrons. The lowest BCUT2D eigenvalue weighted by molar-refractivity contribution is -0.137. The maximum atomic E-state index is 13.7. The lowest BCUT2D eigenvalue weighted by Gasteiger charge is -2.20. The number of ketones is 1. The topological polar surface area (TPSA) is 120 Å². The Bertz CT molecular complexity index is 1420.